The van der Waals surface area contributed by atoms with Crippen LogP contribution in [0.3, 0.4) is 0 Å². The lowest BCUT2D eigenvalue weighted by Gasteiger charge is -2.13. The topological polar surface area (TPSA) is 98.3 Å². The summed E-state index contributed by atoms with van der Waals surface area (Å²) in [6, 6.07) is 27.4. The number of benzene rings is 4. The summed E-state index contributed by atoms with van der Waals surface area (Å²) >= 11 is 6.91. The van der Waals surface area contributed by atoms with Gasteiger partial charge < -0.3 is 19.5 Å². The van der Waals surface area contributed by atoms with Crippen molar-refractivity contribution in [3.05, 3.63) is 117 Å². The van der Waals surface area contributed by atoms with Crippen LogP contribution < -0.4 is 25.0 Å². The van der Waals surface area contributed by atoms with Gasteiger partial charge in [-0.25, -0.2) is 5.43 Å². The third-order valence-corrected chi connectivity index (χ3v) is 6.60. The van der Waals surface area contributed by atoms with Crippen LogP contribution in [0.25, 0.3) is 0 Å². The summed E-state index contributed by atoms with van der Waals surface area (Å²) in [6.07, 6.45) is 1.44. The summed E-state index contributed by atoms with van der Waals surface area (Å²) in [6.45, 7) is 2.42. The summed E-state index contributed by atoms with van der Waals surface area (Å²) in [4.78, 5) is 25.2. The van der Waals surface area contributed by atoms with Crippen LogP contribution in [-0.2, 0) is 11.4 Å². The molecule has 0 saturated carbocycles. The lowest BCUT2D eigenvalue weighted by molar-refractivity contribution is -0.118. The van der Waals surface area contributed by atoms with E-state index >= 15 is 0 Å². The monoisotopic (exact) mass is 679 g/mol. The second-order valence-corrected chi connectivity index (χ2v) is 10.3. The minimum absolute atomic E-state index is 0.221. The molecular formula is C31H27Br2N3O5. The van der Waals surface area contributed by atoms with Crippen molar-refractivity contribution in [2.75, 3.05) is 18.5 Å². The van der Waals surface area contributed by atoms with E-state index in [9.17, 15) is 9.59 Å². The second kappa shape index (κ2) is 15.0. The number of carbonyl (C=O) groups excluding carboxylic acids is 2. The number of nitrogens with one attached hydrogen (secondary N) is 2. The van der Waals surface area contributed by atoms with Gasteiger partial charge in [-0.15, -0.1) is 0 Å². The first-order chi connectivity index (χ1) is 19.9. The highest BCUT2D eigenvalue weighted by atomic mass is 79.9. The molecule has 210 valence electrons. The van der Waals surface area contributed by atoms with E-state index in [1.54, 1.807) is 42.5 Å². The summed E-state index contributed by atoms with van der Waals surface area (Å²) in [5.41, 5.74) is 5.11. The zero-order valence-corrected chi connectivity index (χ0v) is 25.3. The fraction of sp³-hybridized carbons (Fsp3) is 0.129. The maximum Gasteiger partial charge on any atom is 0.271 e. The Morgan fingerprint density at radius 2 is 1.59 bits per heavy atom. The fourth-order valence-electron chi connectivity index (χ4n) is 3.68. The first-order valence-corrected chi connectivity index (χ1v) is 14.2. The number of hydrogen-bond donors (Lipinski definition) is 2. The number of amides is 2. The summed E-state index contributed by atoms with van der Waals surface area (Å²) in [5, 5.41) is 6.88. The Hall–Kier alpha value is -4.15. The highest BCUT2D eigenvalue weighted by Crippen LogP contribution is 2.32. The van der Waals surface area contributed by atoms with Crippen LogP contribution in [-0.4, -0.2) is 31.2 Å². The Morgan fingerprint density at radius 3 is 2.32 bits per heavy atom. The molecule has 10 heteroatoms. The van der Waals surface area contributed by atoms with Crippen molar-refractivity contribution in [3.63, 3.8) is 0 Å². The second-order valence-electron chi connectivity index (χ2n) is 8.58. The molecule has 0 atom stereocenters. The molecule has 0 aliphatic carbocycles. The van der Waals surface area contributed by atoms with Gasteiger partial charge in [0, 0.05) is 21.3 Å². The molecule has 0 saturated heterocycles. The van der Waals surface area contributed by atoms with E-state index in [1.807, 2.05) is 55.5 Å². The Kier molecular flexibility index (Phi) is 10.9. The zero-order valence-electron chi connectivity index (χ0n) is 22.1. The number of para-hydroxylation sites is 1. The first-order valence-electron chi connectivity index (χ1n) is 12.7. The van der Waals surface area contributed by atoms with E-state index in [2.05, 4.69) is 47.7 Å². The van der Waals surface area contributed by atoms with Crippen LogP contribution in [0.2, 0.25) is 0 Å². The quantitative estimate of drug-likeness (QED) is 0.124. The van der Waals surface area contributed by atoms with Crippen LogP contribution in [0.15, 0.2) is 105 Å². The number of hydrazone groups is 1. The SMILES string of the molecule is CCOc1cc(C(=O)N/N=C/c2cc(Br)cc(Br)c2OCC(=O)Nc2ccccc2)ccc1OCc1ccccc1. The van der Waals surface area contributed by atoms with Gasteiger partial charge >= 0.3 is 0 Å². The van der Waals surface area contributed by atoms with Gasteiger partial charge in [-0.3, -0.25) is 9.59 Å². The van der Waals surface area contributed by atoms with Crippen molar-refractivity contribution >= 4 is 55.6 Å². The Bertz CT molecular complexity index is 1520. The van der Waals surface area contributed by atoms with Gasteiger partial charge in [0.1, 0.15) is 12.4 Å². The van der Waals surface area contributed by atoms with Crippen LogP contribution in [0.1, 0.15) is 28.4 Å². The van der Waals surface area contributed by atoms with Crippen molar-refractivity contribution in [1.82, 2.24) is 5.43 Å². The van der Waals surface area contributed by atoms with E-state index in [4.69, 9.17) is 14.2 Å². The van der Waals surface area contributed by atoms with E-state index in [0.717, 1.165) is 10.0 Å². The highest BCUT2D eigenvalue weighted by Gasteiger charge is 2.14. The largest absolute Gasteiger partial charge is 0.490 e. The molecule has 2 amide bonds. The number of ether oxygens (including phenoxy) is 3. The third-order valence-electron chi connectivity index (χ3n) is 5.55. The van der Waals surface area contributed by atoms with Crippen LogP contribution >= 0.6 is 31.9 Å². The predicted octanol–water partition coefficient (Wildman–Crippen LogP) is 6.97. The van der Waals surface area contributed by atoms with Gasteiger partial charge in [-0.1, -0.05) is 64.5 Å². The van der Waals surface area contributed by atoms with Gasteiger partial charge in [0.05, 0.1) is 17.3 Å². The van der Waals surface area contributed by atoms with Crippen molar-refractivity contribution in [2.24, 2.45) is 5.10 Å². The number of nitrogens with zero attached hydrogens (tertiary/aromatic N) is 1. The normalized spacial score (nSPS) is 10.7. The first kappa shape index (κ1) is 29.8. The minimum Gasteiger partial charge on any atom is -0.490 e. The van der Waals surface area contributed by atoms with Gasteiger partial charge in [0.2, 0.25) is 0 Å². The van der Waals surface area contributed by atoms with Crippen molar-refractivity contribution in [1.29, 1.82) is 0 Å². The molecule has 0 heterocycles. The number of anilines is 1. The molecule has 0 radical (unpaired) electrons. The molecule has 0 fully saturated rings. The van der Waals surface area contributed by atoms with Crippen molar-refractivity contribution in [2.45, 2.75) is 13.5 Å². The molecule has 2 N–H and O–H groups in total. The van der Waals surface area contributed by atoms with Crippen molar-refractivity contribution in [3.8, 4) is 17.2 Å². The lowest BCUT2D eigenvalue weighted by atomic mass is 10.2. The molecule has 8 nitrogen and oxygen atoms in total. The molecular weight excluding hydrogens is 654 g/mol. The van der Waals surface area contributed by atoms with E-state index in [-0.39, 0.29) is 12.5 Å². The van der Waals surface area contributed by atoms with E-state index < -0.39 is 5.91 Å². The molecule has 0 aliphatic heterocycles. The number of rotatable bonds is 12. The number of carbonyl (C=O) groups is 2. The molecule has 41 heavy (non-hydrogen) atoms. The Balaban J connectivity index is 1.41. The van der Waals surface area contributed by atoms with Gasteiger partial charge in [-0.05, 0) is 70.9 Å². The lowest BCUT2D eigenvalue weighted by Crippen LogP contribution is -2.21. The van der Waals surface area contributed by atoms with Gasteiger partial charge in [0.25, 0.3) is 11.8 Å². The van der Waals surface area contributed by atoms with E-state index in [0.29, 0.717) is 51.7 Å². The smallest absolute Gasteiger partial charge is 0.271 e. The fourth-order valence-corrected chi connectivity index (χ4v) is 5.05. The standard InChI is InChI=1S/C31H27Br2N3O5/c1-2-39-28-16-22(13-14-27(28)40-19-21-9-5-3-6-10-21)31(38)36-34-18-23-15-24(32)17-26(33)30(23)41-20-29(37)35-25-11-7-4-8-12-25/h3-18H,2,19-20H2,1H3,(H,35,37)(H,36,38)/b34-18+. The summed E-state index contributed by atoms with van der Waals surface area (Å²) in [5.74, 6) is 0.639. The molecule has 0 unspecified atom stereocenters. The van der Waals surface area contributed by atoms with Gasteiger partial charge in [0.15, 0.2) is 18.1 Å². The van der Waals surface area contributed by atoms with Crippen LogP contribution in [0.4, 0.5) is 5.69 Å². The molecule has 0 bridgehead atoms. The predicted molar refractivity (Wildman–Crippen MR) is 166 cm³/mol. The maximum absolute atomic E-state index is 12.9. The third kappa shape index (κ3) is 8.92. The van der Waals surface area contributed by atoms with Crippen LogP contribution in [0.5, 0.6) is 17.2 Å². The maximum atomic E-state index is 12.9. The molecule has 4 aromatic rings. The molecule has 0 spiro atoms. The average Bonchev–Trinajstić information content (AvgIpc) is 2.97. The number of hydrogen-bond acceptors (Lipinski definition) is 6. The Morgan fingerprint density at radius 1 is 0.854 bits per heavy atom. The van der Waals surface area contributed by atoms with Crippen LogP contribution in [0, 0.1) is 0 Å². The average molecular weight is 681 g/mol. The minimum atomic E-state index is -0.435. The summed E-state index contributed by atoms with van der Waals surface area (Å²) < 4.78 is 18.8. The van der Waals surface area contributed by atoms with Crippen molar-refractivity contribution < 1.29 is 23.8 Å². The molecule has 0 aromatic heterocycles. The van der Waals surface area contributed by atoms with E-state index in [1.165, 1.54) is 6.21 Å². The zero-order chi connectivity index (χ0) is 29.0. The highest BCUT2D eigenvalue weighted by molar-refractivity contribution is 9.11. The van der Waals surface area contributed by atoms with Gasteiger partial charge in [-0.2, -0.15) is 5.10 Å². The molecule has 0 aliphatic rings. The Labute approximate surface area is 255 Å². The molecule has 4 rings (SSSR count). The number of halogens is 2. The molecule has 4 aromatic carbocycles. The summed E-state index contributed by atoms with van der Waals surface area (Å²) in [7, 11) is 0.